The van der Waals surface area contributed by atoms with Crippen LogP contribution >= 0.6 is 0 Å². The third-order valence-corrected chi connectivity index (χ3v) is 3.01. The number of benzene rings is 1. The highest BCUT2D eigenvalue weighted by atomic mass is 19.3. The molecular formula is C11H12F2O. The van der Waals surface area contributed by atoms with E-state index >= 15 is 0 Å². The fraction of sp³-hybridized carbons (Fsp3) is 0.455. The lowest BCUT2D eigenvalue weighted by atomic mass is 9.89. The maximum Gasteiger partial charge on any atom is 0.255 e. The van der Waals surface area contributed by atoms with Gasteiger partial charge in [-0.05, 0) is 18.9 Å². The van der Waals surface area contributed by atoms with E-state index in [1.54, 1.807) is 18.2 Å². The Balaban J connectivity index is 2.46. The lowest BCUT2D eigenvalue weighted by Gasteiger charge is -2.23. The van der Waals surface area contributed by atoms with Crippen molar-refractivity contribution in [2.24, 2.45) is 0 Å². The predicted molar refractivity (Wildman–Crippen MR) is 49.6 cm³/mol. The van der Waals surface area contributed by atoms with E-state index in [0.29, 0.717) is 18.4 Å². The van der Waals surface area contributed by atoms with Crippen LogP contribution in [0.4, 0.5) is 8.78 Å². The van der Waals surface area contributed by atoms with Crippen LogP contribution in [0.2, 0.25) is 0 Å². The molecule has 2 rings (SSSR count). The van der Waals surface area contributed by atoms with Gasteiger partial charge in [0.1, 0.15) is 5.75 Å². The van der Waals surface area contributed by atoms with Gasteiger partial charge in [0.05, 0.1) is 5.41 Å². The van der Waals surface area contributed by atoms with Crippen molar-refractivity contribution in [2.75, 3.05) is 0 Å². The average molecular weight is 198 g/mol. The second kappa shape index (κ2) is 2.69. The second-order valence-electron chi connectivity index (χ2n) is 3.99. The Labute approximate surface area is 81.4 Å². The van der Waals surface area contributed by atoms with Crippen LogP contribution in [0.15, 0.2) is 24.3 Å². The topological polar surface area (TPSA) is 20.2 Å². The third-order valence-electron chi connectivity index (χ3n) is 3.01. The van der Waals surface area contributed by atoms with Crippen LogP contribution in [0, 0.1) is 0 Å². The molecule has 0 unspecified atom stereocenters. The van der Waals surface area contributed by atoms with Crippen molar-refractivity contribution in [3.05, 3.63) is 29.8 Å². The van der Waals surface area contributed by atoms with Crippen LogP contribution in [0.5, 0.6) is 5.75 Å². The lowest BCUT2D eigenvalue weighted by molar-refractivity contribution is -0.0207. The van der Waals surface area contributed by atoms with Crippen LogP contribution in [-0.4, -0.2) is 11.0 Å². The third kappa shape index (κ3) is 1.19. The molecule has 0 saturated heterocycles. The first-order valence-corrected chi connectivity index (χ1v) is 4.64. The molecular weight excluding hydrogens is 186 g/mol. The van der Waals surface area contributed by atoms with Gasteiger partial charge in [0, 0.05) is 12.5 Å². The minimum Gasteiger partial charge on any atom is -0.508 e. The van der Waals surface area contributed by atoms with Crippen molar-refractivity contribution < 1.29 is 13.9 Å². The minimum atomic E-state index is -2.76. The highest BCUT2D eigenvalue weighted by molar-refractivity contribution is 5.44. The molecule has 1 N–H and O–H groups in total. The number of phenols is 1. The molecule has 76 valence electrons. The van der Waals surface area contributed by atoms with E-state index in [-0.39, 0.29) is 5.75 Å². The molecule has 0 atom stereocenters. The molecule has 14 heavy (non-hydrogen) atoms. The highest BCUT2D eigenvalue weighted by Gasteiger charge is 2.60. The number of phenolic OH excluding ortho intramolecular Hbond substituents is 1. The van der Waals surface area contributed by atoms with Gasteiger partial charge in [-0.2, -0.15) is 0 Å². The molecule has 0 aromatic heterocycles. The van der Waals surface area contributed by atoms with Gasteiger partial charge in [-0.3, -0.25) is 0 Å². The van der Waals surface area contributed by atoms with E-state index in [9.17, 15) is 13.9 Å². The van der Waals surface area contributed by atoms with Crippen molar-refractivity contribution in [1.29, 1.82) is 0 Å². The summed E-state index contributed by atoms with van der Waals surface area (Å²) in [7, 11) is 0. The Kier molecular flexibility index (Phi) is 1.81. The lowest BCUT2D eigenvalue weighted by Crippen LogP contribution is -2.30. The number of para-hydroxylation sites is 1. The van der Waals surface area contributed by atoms with Gasteiger partial charge >= 0.3 is 0 Å². The first-order chi connectivity index (χ1) is 6.47. The normalized spacial score (nSPS) is 19.4. The first-order valence-electron chi connectivity index (χ1n) is 4.64. The maximum atomic E-state index is 13.3. The Bertz CT molecular complexity index is 351. The van der Waals surface area contributed by atoms with E-state index in [0.717, 1.165) is 6.92 Å². The van der Waals surface area contributed by atoms with Crippen LogP contribution in [0.1, 0.15) is 25.3 Å². The summed E-state index contributed by atoms with van der Waals surface area (Å²) in [5.74, 6) is -2.78. The summed E-state index contributed by atoms with van der Waals surface area (Å²) in [4.78, 5) is 0. The molecule has 1 aliphatic rings. The zero-order valence-corrected chi connectivity index (χ0v) is 7.93. The summed E-state index contributed by atoms with van der Waals surface area (Å²) >= 11 is 0. The Morgan fingerprint density at radius 2 is 1.86 bits per heavy atom. The van der Waals surface area contributed by atoms with E-state index in [1.165, 1.54) is 6.07 Å². The average Bonchev–Trinajstić information content (AvgIpc) is 2.84. The van der Waals surface area contributed by atoms with E-state index in [2.05, 4.69) is 0 Å². The van der Waals surface area contributed by atoms with Crippen molar-refractivity contribution in [1.82, 2.24) is 0 Å². The summed E-state index contributed by atoms with van der Waals surface area (Å²) < 4.78 is 26.6. The van der Waals surface area contributed by atoms with Gasteiger partial charge < -0.3 is 5.11 Å². The smallest absolute Gasteiger partial charge is 0.255 e. The summed E-state index contributed by atoms with van der Waals surface area (Å²) in [6, 6.07) is 6.37. The molecule has 0 amide bonds. The zero-order chi connectivity index (χ0) is 10.4. The van der Waals surface area contributed by atoms with Crippen molar-refractivity contribution in [2.45, 2.75) is 31.1 Å². The fourth-order valence-corrected chi connectivity index (χ4v) is 1.95. The molecule has 1 fully saturated rings. The largest absolute Gasteiger partial charge is 0.508 e. The number of aromatic hydroxyl groups is 1. The fourth-order valence-electron chi connectivity index (χ4n) is 1.95. The van der Waals surface area contributed by atoms with Crippen molar-refractivity contribution >= 4 is 0 Å². The molecule has 1 aromatic rings. The quantitative estimate of drug-likeness (QED) is 0.774. The number of hydrogen-bond acceptors (Lipinski definition) is 1. The van der Waals surface area contributed by atoms with E-state index in [4.69, 9.17) is 0 Å². The predicted octanol–water partition coefficient (Wildman–Crippen LogP) is 3.08. The van der Waals surface area contributed by atoms with Crippen molar-refractivity contribution in [3.63, 3.8) is 0 Å². The van der Waals surface area contributed by atoms with Gasteiger partial charge in [0.15, 0.2) is 0 Å². The van der Waals surface area contributed by atoms with Gasteiger partial charge in [0.25, 0.3) is 5.92 Å². The number of hydrogen-bond donors (Lipinski definition) is 1. The summed E-state index contributed by atoms with van der Waals surface area (Å²) in [5.41, 5.74) is -0.731. The van der Waals surface area contributed by atoms with E-state index in [1.807, 2.05) is 0 Å². The monoisotopic (exact) mass is 198 g/mol. The van der Waals surface area contributed by atoms with Gasteiger partial charge in [-0.25, -0.2) is 8.78 Å². The SMILES string of the molecule is CC(F)(F)C1(c2ccccc2O)CC1. The summed E-state index contributed by atoms with van der Waals surface area (Å²) in [6.07, 6.45) is 0.905. The van der Waals surface area contributed by atoms with E-state index < -0.39 is 11.3 Å². The Hall–Kier alpha value is -1.12. The molecule has 1 aliphatic carbocycles. The molecule has 0 heterocycles. The molecule has 1 saturated carbocycles. The molecule has 0 radical (unpaired) electrons. The van der Waals surface area contributed by atoms with Crippen LogP contribution < -0.4 is 0 Å². The standard InChI is InChI=1S/C11H12F2O/c1-10(12,13)11(6-7-11)8-4-2-3-5-9(8)14/h2-5,14H,6-7H2,1H3. The van der Waals surface area contributed by atoms with Gasteiger partial charge in [-0.1, -0.05) is 18.2 Å². The molecule has 1 aromatic carbocycles. The van der Waals surface area contributed by atoms with Gasteiger partial charge in [0.2, 0.25) is 0 Å². The molecule has 3 heteroatoms. The number of rotatable bonds is 2. The maximum absolute atomic E-state index is 13.3. The van der Waals surface area contributed by atoms with Crippen LogP contribution in [-0.2, 0) is 5.41 Å². The molecule has 0 aliphatic heterocycles. The number of alkyl halides is 2. The second-order valence-corrected chi connectivity index (χ2v) is 3.99. The van der Waals surface area contributed by atoms with Gasteiger partial charge in [-0.15, -0.1) is 0 Å². The summed E-state index contributed by atoms with van der Waals surface area (Å²) in [6.45, 7) is 0.923. The zero-order valence-electron chi connectivity index (χ0n) is 7.93. The minimum absolute atomic E-state index is 0.0217. The van der Waals surface area contributed by atoms with Crippen molar-refractivity contribution in [3.8, 4) is 5.75 Å². The Morgan fingerprint density at radius 1 is 1.29 bits per heavy atom. The molecule has 0 bridgehead atoms. The molecule has 1 nitrogen and oxygen atoms in total. The van der Waals surface area contributed by atoms with Crippen LogP contribution in [0.25, 0.3) is 0 Å². The Morgan fingerprint density at radius 3 is 2.29 bits per heavy atom. The summed E-state index contributed by atoms with van der Waals surface area (Å²) in [5, 5.41) is 9.52. The molecule has 0 spiro atoms. The highest BCUT2D eigenvalue weighted by Crippen LogP contribution is 2.59. The number of halogens is 2. The first kappa shape index (κ1) is 9.44. The van der Waals surface area contributed by atoms with Crippen LogP contribution in [0.3, 0.4) is 0 Å².